The molecule has 0 aliphatic heterocycles. The van der Waals surface area contributed by atoms with E-state index in [2.05, 4.69) is 4.98 Å². The summed E-state index contributed by atoms with van der Waals surface area (Å²) in [7, 11) is 0. The molecular formula is C16H21NO3. The molecule has 2 rings (SSSR count). The lowest BCUT2D eigenvalue weighted by atomic mass is 10.2. The number of carbonyl (C=O) groups excluding carboxylic acids is 1. The number of rotatable bonds is 5. The van der Waals surface area contributed by atoms with Crippen molar-refractivity contribution in [2.75, 3.05) is 6.61 Å². The number of benzene rings is 1. The van der Waals surface area contributed by atoms with E-state index >= 15 is 0 Å². The van der Waals surface area contributed by atoms with Crippen molar-refractivity contribution in [3.63, 3.8) is 0 Å². The van der Waals surface area contributed by atoms with Crippen molar-refractivity contribution in [3.05, 3.63) is 41.8 Å². The number of nitrogens with zero attached hydrogens (tertiary/aromatic N) is 1. The maximum atomic E-state index is 11.3. The summed E-state index contributed by atoms with van der Waals surface area (Å²) in [6, 6.07) is 9.71. The molecule has 0 saturated carbocycles. The van der Waals surface area contributed by atoms with Gasteiger partial charge in [-0.25, -0.2) is 4.98 Å². The summed E-state index contributed by atoms with van der Waals surface area (Å²) in [6.45, 7) is 4.07. The number of oxazole rings is 1. The molecule has 4 heteroatoms. The topological polar surface area (TPSA) is 52.3 Å². The molecule has 4 nitrogen and oxygen atoms in total. The fourth-order valence-corrected chi connectivity index (χ4v) is 1.82. The van der Waals surface area contributed by atoms with Gasteiger partial charge in [0.05, 0.1) is 18.7 Å². The Bertz CT molecular complexity index is 546. The molecular weight excluding hydrogens is 254 g/mol. The molecule has 0 spiro atoms. The summed E-state index contributed by atoms with van der Waals surface area (Å²) >= 11 is 0. The van der Waals surface area contributed by atoms with Crippen molar-refractivity contribution in [2.45, 2.75) is 34.1 Å². The smallest absolute Gasteiger partial charge is 0.306 e. The summed E-state index contributed by atoms with van der Waals surface area (Å²) < 4.78 is 10.5. The van der Waals surface area contributed by atoms with E-state index in [1.54, 1.807) is 6.92 Å². The van der Waals surface area contributed by atoms with Gasteiger partial charge in [-0.3, -0.25) is 4.79 Å². The van der Waals surface area contributed by atoms with Gasteiger partial charge in [-0.1, -0.05) is 25.6 Å². The van der Waals surface area contributed by atoms with Crippen LogP contribution in [0.2, 0.25) is 0 Å². The number of hydrogen-bond donors (Lipinski definition) is 0. The Hall–Kier alpha value is -2.10. The quantitative estimate of drug-likeness (QED) is 0.779. The van der Waals surface area contributed by atoms with Gasteiger partial charge in [0.25, 0.3) is 0 Å². The second-order valence-corrected chi connectivity index (χ2v) is 4.19. The molecule has 0 radical (unpaired) electrons. The lowest BCUT2D eigenvalue weighted by Crippen LogP contribution is -2.05. The van der Waals surface area contributed by atoms with Crippen LogP contribution in [0.4, 0.5) is 0 Å². The third kappa shape index (κ3) is 3.95. The lowest BCUT2D eigenvalue weighted by Gasteiger charge is -1.99. The van der Waals surface area contributed by atoms with Crippen LogP contribution in [0.1, 0.15) is 32.2 Å². The Balaban J connectivity index is 0.00000200. The van der Waals surface area contributed by atoms with Crippen LogP contribution in [0.25, 0.3) is 11.5 Å². The van der Waals surface area contributed by atoms with E-state index in [4.69, 9.17) is 9.15 Å². The van der Waals surface area contributed by atoms with Crippen molar-refractivity contribution in [3.8, 4) is 11.5 Å². The molecule has 0 bridgehead atoms. The maximum absolute atomic E-state index is 11.3. The van der Waals surface area contributed by atoms with Crippen molar-refractivity contribution in [1.82, 2.24) is 4.98 Å². The van der Waals surface area contributed by atoms with Crippen molar-refractivity contribution in [2.24, 2.45) is 0 Å². The molecule has 0 aliphatic carbocycles. The molecule has 0 aliphatic rings. The van der Waals surface area contributed by atoms with E-state index in [0.717, 1.165) is 17.0 Å². The van der Waals surface area contributed by atoms with Gasteiger partial charge in [0, 0.05) is 12.0 Å². The summed E-state index contributed by atoms with van der Waals surface area (Å²) in [5.41, 5.74) is 1.75. The molecule has 2 aromatic rings. The van der Waals surface area contributed by atoms with Gasteiger partial charge < -0.3 is 9.15 Å². The molecule has 108 valence electrons. The minimum Gasteiger partial charge on any atom is -0.466 e. The van der Waals surface area contributed by atoms with E-state index in [-0.39, 0.29) is 13.4 Å². The van der Waals surface area contributed by atoms with Crippen molar-refractivity contribution in [1.29, 1.82) is 0 Å². The SMILES string of the molecule is C.CCOC(=O)CCc1nc(-c2ccccc2)oc1C. The molecule has 0 unspecified atom stereocenters. The fourth-order valence-electron chi connectivity index (χ4n) is 1.82. The van der Waals surface area contributed by atoms with Crippen LogP contribution in [0.3, 0.4) is 0 Å². The van der Waals surface area contributed by atoms with Gasteiger partial charge >= 0.3 is 5.97 Å². The summed E-state index contributed by atoms with van der Waals surface area (Å²) in [6.07, 6.45) is 0.871. The van der Waals surface area contributed by atoms with Crippen molar-refractivity contribution >= 4 is 5.97 Å². The third-order valence-corrected chi connectivity index (χ3v) is 2.78. The second kappa shape index (κ2) is 7.48. The van der Waals surface area contributed by atoms with E-state index in [9.17, 15) is 4.79 Å². The Morgan fingerprint density at radius 1 is 1.30 bits per heavy atom. The summed E-state index contributed by atoms with van der Waals surface area (Å²) in [5, 5.41) is 0. The molecule has 0 atom stereocenters. The number of esters is 1. The molecule has 1 aromatic carbocycles. The normalized spacial score (nSPS) is 9.90. The minimum atomic E-state index is -0.203. The highest BCUT2D eigenvalue weighted by atomic mass is 16.5. The number of aromatic nitrogens is 1. The van der Waals surface area contributed by atoms with E-state index in [0.29, 0.717) is 25.3 Å². The molecule has 1 aromatic heterocycles. The van der Waals surface area contributed by atoms with Gasteiger partial charge in [0.2, 0.25) is 5.89 Å². The molecule has 0 amide bonds. The minimum absolute atomic E-state index is 0. The second-order valence-electron chi connectivity index (χ2n) is 4.19. The number of carbonyl (C=O) groups is 1. The predicted molar refractivity (Wildman–Crippen MR) is 78.4 cm³/mol. The highest BCUT2D eigenvalue weighted by Crippen LogP contribution is 2.22. The van der Waals surface area contributed by atoms with E-state index < -0.39 is 0 Å². The first-order chi connectivity index (χ1) is 9.20. The average Bonchev–Trinajstić information content (AvgIpc) is 2.79. The highest BCUT2D eigenvalue weighted by molar-refractivity contribution is 5.69. The number of ether oxygens (including phenoxy) is 1. The zero-order valence-corrected chi connectivity index (χ0v) is 11.2. The van der Waals surface area contributed by atoms with Crippen LogP contribution in [0, 0.1) is 6.92 Å². The van der Waals surface area contributed by atoms with Crippen molar-refractivity contribution < 1.29 is 13.9 Å². The molecule has 0 fully saturated rings. The molecule has 0 N–H and O–H groups in total. The van der Waals surface area contributed by atoms with Crippen LogP contribution < -0.4 is 0 Å². The average molecular weight is 275 g/mol. The third-order valence-electron chi connectivity index (χ3n) is 2.78. The van der Waals surface area contributed by atoms with Crippen LogP contribution in [0.15, 0.2) is 34.7 Å². The first-order valence-corrected chi connectivity index (χ1v) is 6.38. The largest absolute Gasteiger partial charge is 0.466 e. The molecule has 0 saturated heterocycles. The number of hydrogen-bond acceptors (Lipinski definition) is 4. The first-order valence-electron chi connectivity index (χ1n) is 6.38. The van der Waals surface area contributed by atoms with E-state index in [1.807, 2.05) is 37.3 Å². The van der Waals surface area contributed by atoms with Crippen LogP contribution >= 0.6 is 0 Å². The summed E-state index contributed by atoms with van der Waals surface area (Å²) in [4.78, 5) is 15.8. The van der Waals surface area contributed by atoms with Crippen LogP contribution in [-0.2, 0) is 16.0 Å². The van der Waals surface area contributed by atoms with Gasteiger partial charge in [-0.2, -0.15) is 0 Å². The zero-order valence-electron chi connectivity index (χ0n) is 11.2. The lowest BCUT2D eigenvalue weighted by molar-refractivity contribution is -0.143. The van der Waals surface area contributed by atoms with E-state index in [1.165, 1.54) is 0 Å². The first kappa shape index (κ1) is 16.0. The van der Waals surface area contributed by atoms with Gasteiger partial charge in [0.1, 0.15) is 5.76 Å². The molecule has 20 heavy (non-hydrogen) atoms. The van der Waals surface area contributed by atoms with Crippen LogP contribution in [-0.4, -0.2) is 17.6 Å². The number of aryl methyl sites for hydroxylation is 2. The Morgan fingerprint density at radius 3 is 2.65 bits per heavy atom. The molecule has 1 heterocycles. The predicted octanol–water partition coefficient (Wildman–Crippen LogP) is 3.78. The standard InChI is InChI=1S/C15H17NO3.CH4/c1-3-18-14(17)10-9-13-11(2)19-15(16-13)12-7-5-4-6-8-12;/h4-8H,3,9-10H2,1-2H3;1H4. The monoisotopic (exact) mass is 275 g/mol. The summed E-state index contributed by atoms with van der Waals surface area (Å²) in [5.74, 6) is 1.14. The Kier molecular flexibility index (Phi) is 5.97. The van der Waals surface area contributed by atoms with Gasteiger partial charge in [-0.05, 0) is 26.0 Å². The fraction of sp³-hybridized carbons (Fsp3) is 0.375. The van der Waals surface area contributed by atoms with Gasteiger partial charge in [-0.15, -0.1) is 0 Å². The Labute approximate surface area is 119 Å². The zero-order chi connectivity index (χ0) is 13.7. The maximum Gasteiger partial charge on any atom is 0.306 e. The van der Waals surface area contributed by atoms with Crippen LogP contribution in [0.5, 0.6) is 0 Å². The highest BCUT2D eigenvalue weighted by Gasteiger charge is 2.12. The Morgan fingerprint density at radius 2 is 2.00 bits per heavy atom. The van der Waals surface area contributed by atoms with Gasteiger partial charge in [0.15, 0.2) is 0 Å².